The molecule has 0 amide bonds. The number of hydrogen-bond acceptors (Lipinski definition) is 5. The summed E-state index contributed by atoms with van der Waals surface area (Å²) in [6, 6.07) is 0.105. The maximum atomic E-state index is 6.16. The first kappa shape index (κ1) is 11.0. The Labute approximate surface area is 94.0 Å². The molecule has 2 rings (SSSR count). The quantitative estimate of drug-likeness (QED) is 0.853. The molecule has 1 saturated heterocycles. The van der Waals surface area contributed by atoms with Gasteiger partial charge in [0.25, 0.3) is 0 Å². The van der Waals surface area contributed by atoms with E-state index < -0.39 is 0 Å². The van der Waals surface area contributed by atoms with Crippen molar-refractivity contribution in [2.75, 3.05) is 13.2 Å². The average molecular weight is 227 g/mol. The van der Waals surface area contributed by atoms with E-state index >= 15 is 0 Å². The third-order valence-electron chi connectivity index (χ3n) is 2.95. The van der Waals surface area contributed by atoms with Crippen LogP contribution in [0.1, 0.15) is 35.9 Å². The lowest BCUT2D eigenvalue weighted by Gasteiger charge is -2.24. The van der Waals surface area contributed by atoms with Gasteiger partial charge in [0.1, 0.15) is 0 Å². The first-order chi connectivity index (χ1) is 7.27. The van der Waals surface area contributed by atoms with E-state index in [2.05, 4.69) is 9.59 Å². The van der Waals surface area contributed by atoms with Gasteiger partial charge < -0.3 is 10.5 Å². The second-order valence-electron chi connectivity index (χ2n) is 4.12. The molecule has 0 aliphatic carbocycles. The van der Waals surface area contributed by atoms with E-state index in [0.717, 1.165) is 43.0 Å². The largest absolute Gasteiger partial charge is 0.381 e. The molecule has 1 aromatic rings. The molecule has 1 fully saturated rings. The average Bonchev–Trinajstić information content (AvgIpc) is 2.66. The summed E-state index contributed by atoms with van der Waals surface area (Å²) in [5, 5.41) is 3.99. The zero-order chi connectivity index (χ0) is 10.7. The molecule has 0 bridgehead atoms. The lowest BCUT2D eigenvalue weighted by Crippen LogP contribution is -2.21. The Morgan fingerprint density at radius 2 is 2.27 bits per heavy atom. The fraction of sp³-hybridized carbons (Fsp3) is 0.800. The second-order valence-corrected chi connectivity index (χ2v) is 4.91. The van der Waals surface area contributed by atoms with Gasteiger partial charge in [-0.2, -0.15) is 0 Å². The third kappa shape index (κ3) is 2.74. The van der Waals surface area contributed by atoms with Crippen molar-refractivity contribution >= 4 is 11.5 Å². The van der Waals surface area contributed by atoms with Gasteiger partial charge in [0.15, 0.2) is 0 Å². The topological polar surface area (TPSA) is 61.0 Å². The fourth-order valence-corrected chi connectivity index (χ4v) is 2.68. The molecule has 1 atom stereocenters. The molecule has 15 heavy (non-hydrogen) atoms. The highest BCUT2D eigenvalue weighted by atomic mass is 32.1. The van der Waals surface area contributed by atoms with Crippen LogP contribution in [-0.4, -0.2) is 22.8 Å². The normalized spacial score (nSPS) is 20.4. The van der Waals surface area contributed by atoms with Crippen molar-refractivity contribution in [2.45, 2.75) is 32.2 Å². The number of nitrogens with two attached hydrogens (primary N) is 1. The van der Waals surface area contributed by atoms with Crippen molar-refractivity contribution in [1.29, 1.82) is 0 Å². The lowest BCUT2D eigenvalue weighted by atomic mass is 9.92. The van der Waals surface area contributed by atoms with E-state index in [9.17, 15) is 0 Å². The van der Waals surface area contributed by atoms with Crippen LogP contribution >= 0.6 is 11.5 Å². The molecule has 1 aliphatic heterocycles. The summed E-state index contributed by atoms with van der Waals surface area (Å²) < 4.78 is 9.26. The standard InChI is InChI=1S/C10H17N3OS/c1-7-10(15-13-12-7)9(11)6-8-2-4-14-5-3-8/h8-9H,2-6,11H2,1H3. The van der Waals surface area contributed by atoms with Gasteiger partial charge in [-0.25, -0.2) is 0 Å². The molecule has 0 radical (unpaired) electrons. The van der Waals surface area contributed by atoms with Gasteiger partial charge in [0, 0.05) is 19.3 Å². The van der Waals surface area contributed by atoms with Crippen molar-refractivity contribution in [3.63, 3.8) is 0 Å². The van der Waals surface area contributed by atoms with Crippen molar-refractivity contribution in [1.82, 2.24) is 9.59 Å². The maximum Gasteiger partial charge on any atom is 0.0772 e. The van der Waals surface area contributed by atoms with Gasteiger partial charge in [0.2, 0.25) is 0 Å². The van der Waals surface area contributed by atoms with Crippen molar-refractivity contribution < 1.29 is 4.74 Å². The summed E-state index contributed by atoms with van der Waals surface area (Å²) in [5.41, 5.74) is 7.15. The van der Waals surface area contributed by atoms with Crippen LogP contribution in [0.15, 0.2) is 0 Å². The van der Waals surface area contributed by atoms with Crippen molar-refractivity contribution in [3.8, 4) is 0 Å². The molecular weight excluding hydrogens is 210 g/mol. The van der Waals surface area contributed by atoms with Crippen LogP contribution in [-0.2, 0) is 4.74 Å². The SMILES string of the molecule is Cc1nnsc1C(N)CC1CCOCC1. The summed E-state index contributed by atoms with van der Waals surface area (Å²) in [5.74, 6) is 0.704. The highest BCUT2D eigenvalue weighted by molar-refractivity contribution is 7.05. The van der Waals surface area contributed by atoms with Gasteiger partial charge >= 0.3 is 0 Å². The Morgan fingerprint density at radius 1 is 1.53 bits per heavy atom. The van der Waals surface area contributed by atoms with E-state index in [4.69, 9.17) is 10.5 Å². The molecule has 0 spiro atoms. The van der Waals surface area contributed by atoms with Crippen LogP contribution in [0.3, 0.4) is 0 Å². The van der Waals surface area contributed by atoms with E-state index in [1.165, 1.54) is 11.5 Å². The fourth-order valence-electron chi connectivity index (χ4n) is 2.03. The minimum atomic E-state index is 0.105. The molecular formula is C10H17N3OS. The maximum absolute atomic E-state index is 6.16. The summed E-state index contributed by atoms with van der Waals surface area (Å²) in [7, 11) is 0. The molecule has 2 heterocycles. The smallest absolute Gasteiger partial charge is 0.0772 e. The van der Waals surface area contributed by atoms with E-state index in [1.807, 2.05) is 6.92 Å². The van der Waals surface area contributed by atoms with Gasteiger partial charge in [-0.05, 0) is 43.6 Å². The number of aryl methyl sites for hydroxylation is 1. The molecule has 0 aromatic carbocycles. The second kappa shape index (κ2) is 5.01. The van der Waals surface area contributed by atoms with E-state index in [0.29, 0.717) is 5.92 Å². The number of rotatable bonds is 3. The molecule has 2 N–H and O–H groups in total. The van der Waals surface area contributed by atoms with E-state index in [1.54, 1.807) is 0 Å². The Balaban J connectivity index is 1.91. The molecule has 1 unspecified atom stereocenters. The zero-order valence-corrected chi connectivity index (χ0v) is 9.80. The predicted octanol–water partition coefficient (Wildman–Crippen LogP) is 1.66. The van der Waals surface area contributed by atoms with Crippen LogP contribution in [0, 0.1) is 12.8 Å². The Kier molecular flexibility index (Phi) is 3.66. The summed E-state index contributed by atoms with van der Waals surface area (Å²) in [6.45, 7) is 3.75. The Bertz CT molecular complexity index is 309. The first-order valence-electron chi connectivity index (χ1n) is 5.39. The van der Waals surface area contributed by atoms with Crippen LogP contribution < -0.4 is 5.73 Å². The summed E-state index contributed by atoms with van der Waals surface area (Å²) >= 11 is 1.43. The molecule has 84 valence electrons. The highest BCUT2D eigenvalue weighted by Gasteiger charge is 2.20. The predicted molar refractivity (Wildman–Crippen MR) is 59.7 cm³/mol. The number of ether oxygens (including phenoxy) is 1. The molecule has 0 saturated carbocycles. The lowest BCUT2D eigenvalue weighted by molar-refractivity contribution is 0.0619. The monoisotopic (exact) mass is 227 g/mol. The Morgan fingerprint density at radius 3 is 2.87 bits per heavy atom. The van der Waals surface area contributed by atoms with Crippen molar-refractivity contribution in [3.05, 3.63) is 10.6 Å². The van der Waals surface area contributed by atoms with Crippen LogP contribution in [0.5, 0.6) is 0 Å². The molecule has 1 aromatic heterocycles. The van der Waals surface area contributed by atoms with E-state index in [-0.39, 0.29) is 6.04 Å². The molecule has 5 heteroatoms. The van der Waals surface area contributed by atoms with Crippen LogP contribution in [0.25, 0.3) is 0 Å². The minimum absolute atomic E-state index is 0.105. The summed E-state index contributed by atoms with van der Waals surface area (Å²) in [6.07, 6.45) is 3.31. The minimum Gasteiger partial charge on any atom is -0.381 e. The molecule has 4 nitrogen and oxygen atoms in total. The highest BCUT2D eigenvalue weighted by Crippen LogP contribution is 2.28. The van der Waals surface area contributed by atoms with Gasteiger partial charge in [0.05, 0.1) is 10.6 Å². The van der Waals surface area contributed by atoms with Crippen LogP contribution in [0.2, 0.25) is 0 Å². The van der Waals surface area contributed by atoms with Crippen molar-refractivity contribution in [2.24, 2.45) is 11.7 Å². The number of hydrogen-bond donors (Lipinski definition) is 1. The summed E-state index contributed by atoms with van der Waals surface area (Å²) in [4.78, 5) is 1.14. The Hall–Kier alpha value is -0.520. The first-order valence-corrected chi connectivity index (χ1v) is 6.17. The number of nitrogens with zero attached hydrogens (tertiary/aromatic N) is 2. The number of aromatic nitrogens is 2. The van der Waals surface area contributed by atoms with Crippen LogP contribution in [0.4, 0.5) is 0 Å². The van der Waals surface area contributed by atoms with Gasteiger partial charge in [-0.3, -0.25) is 0 Å². The zero-order valence-electron chi connectivity index (χ0n) is 8.98. The molecule has 1 aliphatic rings. The van der Waals surface area contributed by atoms with Gasteiger partial charge in [-0.1, -0.05) is 4.49 Å². The third-order valence-corrected chi connectivity index (χ3v) is 3.91. The van der Waals surface area contributed by atoms with Gasteiger partial charge in [-0.15, -0.1) is 5.10 Å².